The predicted octanol–water partition coefficient (Wildman–Crippen LogP) is 3.35. The fourth-order valence-corrected chi connectivity index (χ4v) is 4.63. The number of hydrazine groups is 1. The van der Waals surface area contributed by atoms with Crippen LogP contribution in [0, 0.1) is 0 Å². The maximum absolute atomic E-state index is 12.4. The zero-order chi connectivity index (χ0) is 20.3. The van der Waals surface area contributed by atoms with Crippen molar-refractivity contribution < 1.29 is 22.7 Å². The van der Waals surface area contributed by atoms with Crippen LogP contribution >= 0.6 is 22.9 Å². The van der Waals surface area contributed by atoms with Crippen molar-refractivity contribution in [2.75, 3.05) is 6.61 Å². The molecule has 2 aromatic carbocycles. The van der Waals surface area contributed by atoms with Crippen LogP contribution in [0.3, 0.4) is 0 Å². The molecule has 3 aromatic rings. The summed E-state index contributed by atoms with van der Waals surface area (Å²) in [6.07, 6.45) is 0. The second-order valence-corrected chi connectivity index (χ2v) is 8.66. The van der Waals surface area contributed by atoms with Gasteiger partial charge in [0, 0.05) is 10.1 Å². The number of esters is 1. The van der Waals surface area contributed by atoms with E-state index in [2.05, 4.69) is 5.43 Å². The number of thiophene rings is 1. The molecule has 0 saturated carbocycles. The molecule has 146 valence electrons. The molecule has 0 fully saturated rings. The number of nitrogens with one attached hydrogen (secondary N) is 2. The molecule has 3 rings (SSSR count). The molecule has 0 radical (unpaired) electrons. The number of carbonyl (C=O) groups excluding carboxylic acids is 2. The molecule has 2 N–H and O–H groups in total. The third kappa shape index (κ3) is 4.17. The van der Waals surface area contributed by atoms with Gasteiger partial charge in [0.25, 0.3) is 15.9 Å². The molecule has 0 spiro atoms. The minimum Gasteiger partial charge on any atom is -0.462 e. The second kappa shape index (κ2) is 8.27. The van der Waals surface area contributed by atoms with Crippen LogP contribution in [-0.4, -0.2) is 26.9 Å². The molecule has 0 saturated heterocycles. The summed E-state index contributed by atoms with van der Waals surface area (Å²) in [7, 11) is -4.03. The topological polar surface area (TPSA) is 102 Å². The molecule has 28 heavy (non-hydrogen) atoms. The Morgan fingerprint density at radius 2 is 1.79 bits per heavy atom. The fraction of sp³-hybridized carbons (Fsp3) is 0.111. The lowest BCUT2D eigenvalue weighted by molar-refractivity contribution is 0.0526. The van der Waals surface area contributed by atoms with Gasteiger partial charge in [-0.1, -0.05) is 29.8 Å². The minimum atomic E-state index is -4.03. The number of ether oxygens (including phenoxy) is 1. The molecule has 10 heteroatoms. The minimum absolute atomic E-state index is 0.122. The summed E-state index contributed by atoms with van der Waals surface area (Å²) in [4.78, 5) is 26.1. The molecule has 0 unspecified atom stereocenters. The molecule has 0 bridgehead atoms. The van der Waals surface area contributed by atoms with Crippen molar-refractivity contribution in [3.8, 4) is 0 Å². The quantitative estimate of drug-likeness (QED) is 0.454. The molecular weight excluding hydrogens is 424 g/mol. The van der Waals surface area contributed by atoms with Crippen LogP contribution in [-0.2, 0) is 14.8 Å². The molecule has 0 aliphatic carbocycles. The Kier molecular flexibility index (Phi) is 5.99. The summed E-state index contributed by atoms with van der Waals surface area (Å²) < 4.78 is 30.4. The van der Waals surface area contributed by atoms with Gasteiger partial charge in [-0.15, -0.1) is 16.2 Å². The van der Waals surface area contributed by atoms with Crippen molar-refractivity contribution in [2.24, 2.45) is 0 Å². The Hall–Kier alpha value is -2.46. The first-order chi connectivity index (χ1) is 13.3. The van der Waals surface area contributed by atoms with Crippen LogP contribution in [0.25, 0.3) is 10.1 Å². The van der Waals surface area contributed by atoms with Crippen LogP contribution in [0.1, 0.15) is 27.0 Å². The molecule has 1 heterocycles. The maximum Gasteiger partial charge on any atom is 0.338 e. The van der Waals surface area contributed by atoms with Gasteiger partial charge in [-0.3, -0.25) is 10.2 Å². The first kappa shape index (κ1) is 20.3. The van der Waals surface area contributed by atoms with E-state index >= 15 is 0 Å². The van der Waals surface area contributed by atoms with E-state index in [1.54, 1.807) is 19.1 Å². The number of amides is 1. The van der Waals surface area contributed by atoms with Crippen molar-refractivity contribution in [1.29, 1.82) is 0 Å². The zero-order valence-electron chi connectivity index (χ0n) is 14.6. The summed E-state index contributed by atoms with van der Waals surface area (Å²) in [5, 5.41) is 0.979. The van der Waals surface area contributed by atoms with Crippen LogP contribution in [0.5, 0.6) is 0 Å². The fourth-order valence-electron chi connectivity index (χ4n) is 2.37. The first-order valence-electron chi connectivity index (χ1n) is 8.10. The molecular formula is C18H15ClN2O5S2. The average molecular weight is 439 g/mol. The average Bonchev–Trinajstić information content (AvgIpc) is 3.03. The Bertz CT molecular complexity index is 1140. The van der Waals surface area contributed by atoms with E-state index in [4.69, 9.17) is 16.3 Å². The molecule has 0 aliphatic rings. The largest absolute Gasteiger partial charge is 0.462 e. The van der Waals surface area contributed by atoms with Gasteiger partial charge in [-0.05, 0) is 37.3 Å². The lowest BCUT2D eigenvalue weighted by Crippen LogP contribution is -2.41. The van der Waals surface area contributed by atoms with Gasteiger partial charge < -0.3 is 4.74 Å². The SMILES string of the molecule is CCOC(=O)c1ccc(S(=O)(=O)NNC(=O)c2sc3ccccc3c2Cl)cc1. The normalized spacial score (nSPS) is 11.4. The third-order valence-corrected chi connectivity index (χ3v) is 6.65. The van der Waals surface area contributed by atoms with Gasteiger partial charge in [-0.25, -0.2) is 13.2 Å². The predicted molar refractivity (Wildman–Crippen MR) is 107 cm³/mol. The molecule has 0 aliphatic heterocycles. The Labute approximate surface area is 170 Å². The molecule has 7 nitrogen and oxygen atoms in total. The standard InChI is InChI=1S/C18H15ClN2O5S2/c1-2-26-18(23)11-7-9-12(10-8-11)28(24,25)21-20-17(22)16-15(19)13-5-3-4-6-14(13)27-16/h3-10,21H,2H2,1H3,(H,20,22). The number of benzene rings is 2. The highest BCUT2D eigenvalue weighted by atomic mass is 35.5. The van der Waals surface area contributed by atoms with E-state index in [-0.39, 0.29) is 27.0 Å². The summed E-state index contributed by atoms with van der Waals surface area (Å²) in [5.74, 6) is -1.22. The highest BCUT2D eigenvalue weighted by molar-refractivity contribution is 7.89. The Morgan fingerprint density at radius 3 is 2.43 bits per heavy atom. The molecule has 1 aromatic heterocycles. The highest BCUT2D eigenvalue weighted by Crippen LogP contribution is 2.34. The lowest BCUT2D eigenvalue weighted by atomic mass is 10.2. The number of sulfonamides is 1. The van der Waals surface area contributed by atoms with E-state index in [1.165, 1.54) is 24.3 Å². The second-order valence-electron chi connectivity index (χ2n) is 5.55. The van der Waals surface area contributed by atoms with Crippen molar-refractivity contribution >= 4 is 54.9 Å². The molecule has 0 atom stereocenters. The number of rotatable bonds is 6. The monoisotopic (exact) mass is 438 g/mol. The summed E-state index contributed by atoms with van der Waals surface area (Å²) in [5.41, 5.74) is 2.38. The maximum atomic E-state index is 12.4. The number of hydrogen-bond acceptors (Lipinski definition) is 6. The van der Waals surface area contributed by atoms with Crippen molar-refractivity contribution in [1.82, 2.24) is 10.3 Å². The number of hydrogen-bond donors (Lipinski definition) is 2. The molecule has 1 amide bonds. The number of halogens is 1. The van der Waals surface area contributed by atoms with E-state index in [0.717, 1.165) is 21.4 Å². The van der Waals surface area contributed by atoms with E-state index < -0.39 is 21.9 Å². The van der Waals surface area contributed by atoms with Gasteiger partial charge in [0.2, 0.25) is 0 Å². The number of carbonyl (C=O) groups is 2. The van der Waals surface area contributed by atoms with Crippen LogP contribution < -0.4 is 10.3 Å². The van der Waals surface area contributed by atoms with Crippen LogP contribution in [0.2, 0.25) is 5.02 Å². The van der Waals surface area contributed by atoms with E-state index in [1.807, 2.05) is 17.0 Å². The summed E-state index contributed by atoms with van der Waals surface area (Å²) in [6.45, 7) is 1.89. The van der Waals surface area contributed by atoms with Crippen molar-refractivity contribution in [3.05, 3.63) is 64.0 Å². The summed E-state index contributed by atoms with van der Waals surface area (Å²) in [6, 6.07) is 12.4. The van der Waals surface area contributed by atoms with Crippen molar-refractivity contribution in [2.45, 2.75) is 11.8 Å². The smallest absolute Gasteiger partial charge is 0.338 e. The number of fused-ring (bicyclic) bond motifs is 1. The third-order valence-electron chi connectivity index (χ3n) is 3.72. The first-order valence-corrected chi connectivity index (χ1v) is 10.8. The lowest BCUT2D eigenvalue weighted by Gasteiger charge is -2.08. The Balaban J connectivity index is 1.72. The van der Waals surface area contributed by atoms with Gasteiger partial charge in [0.15, 0.2) is 0 Å². The summed E-state index contributed by atoms with van der Waals surface area (Å²) >= 11 is 7.38. The van der Waals surface area contributed by atoms with Crippen LogP contribution in [0.15, 0.2) is 53.4 Å². The van der Waals surface area contributed by atoms with Gasteiger partial charge >= 0.3 is 5.97 Å². The van der Waals surface area contributed by atoms with E-state index in [9.17, 15) is 18.0 Å². The van der Waals surface area contributed by atoms with Crippen molar-refractivity contribution in [3.63, 3.8) is 0 Å². The van der Waals surface area contributed by atoms with Crippen LogP contribution in [0.4, 0.5) is 0 Å². The van der Waals surface area contributed by atoms with E-state index in [0.29, 0.717) is 0 Å². The Morgan fingerprint density at radius 1 is 1.11 bits per heavy atom. The van der Waals surface area contributed by atoms with Gasteiger partial charge in [0.05, 0.1) is 22.1 Å². The van der Waals surface area contributed by atoms with Gasteiger partial charge in [0.1, 0.15) is 4.88 Å². The highest BCUT2D eigenvalue weighted by Gasteiger charge is 2.20. The van der Waals surface area contributed by atoms with Gasteiger partial charge in [-0.2, -0.15) is 0 Å². The zero-order valence-corrected chi connectivity index (χ0v) is 17.0.